The summed E-state index contributed by atoms with van der Waals surface area (Å²) in [6.07, 6.45) is 4.20. The van der Waals surface area contributed by atoms with Crippen LogP contribution in [0.15, 0.2) is 48.5 Å². The van der Waals surface area contributed by atoms with Gasteiger partial charge in [-0.25, -0.2) is 0 Å². The Morgan fingerprint density at radius 2 is 1.86 bits per heavy atom. The highest BCUT2D eigenvalue weighted by Crippen LogP contribution is 2.32. The van der Waals surface area contributed by atoms with Crippen LogP contribution in [0.25, 0.3) is 0 Å². The monoisotopic (exact) mass is 397 g/mol. The van der Waals surface area contributed by atoms with Crippen LogP contribution < -0.4 is 10.6 Å². The predicted octanol–water partition coefficient (Wildman–Crippen LogP) is 4.01. The summed E-state index contributed by atoms with van der Waals surface area (Å²) in [5.41, 5.74) is 2.41. The fourth-order valence-corrected chi connectivity index (χ4v) is 3.82. The minimum atomic E-state index is -0.0825. The molecule has 1 unspecified atom stereocenters. The molecule has 1 saturated carbocycles. The third kappa shape index (κ3) is 4.72. The fraction of sp³-hybridized carbons (Fsp3) is 0.364. The summed E-state index contributed by atoms with van der Waals surface area (Å²) in [5.74, 6) is -0.151. The molecule has 146 valence electrons. The first-order valence-corrected chi connectivity index (χ1v) is 10.2. The highest BCUT2D eigenvalue weighted by molar-refractivity contribution is 6.30. The number of carbonyl (C=O) groups is 2. The van der Waals surface area contributed by atoms with Crippen molar-refractivity contribution in [1.29, 1.82) is 0 Å². The van der Waals surface area contributed by atoms with Crippen molar-refractivity contribution in [2.75, 3.05) is 18.4 Å². The minimum Gasteiger partial charge on any atom is -0.349 e. The van der Waals surface area contributed by atoms with E-state index in [1.807, 2.05) is 30.3 Å². The lowest BCUT2D eigenvalue weighted by Crippen LogP contribution is -2.33. The topological polar surface area (TPSA) is 61.4 Å². The number of amides is 2. The Hall–Kier alpha value is -2.37. The van der Waals surface area contributed by atoms with Crippen LogP contribution in [0.4, 0.5) is 5.69 Å². The Morgan fingerprint density at radius 3 is 2.61 bits per heavy atom. The molecule has 2 aromatic carbocycles. The zero-order chi connectivity index (χ0) is 19.5. The van der Waals surface area contributed by atoms with Crippen molar-refractivity contribution in [2.24, 2.45) is 0 Å². The van der Waals surface area contributed by atoms with Crippen molar-refractivity contribution >= 4 is 29.1 Å². The molecule has 5 nitrogen and oxygen atoms in total. The van der Waals surface area contributed by atoms with Gasteiger partial charge in [0.25, 0.3) is 5.91 Å². The predicted molar refractivity (Wildman–Crippen MR) is 111 cm³/mol. The maximum atomic E-state index is 12.6. The maximum absolute atomic E-state index is 12.6. The van der Waals surface area contributed by atoms with Crippen LogP contribution >= 0.6 is 11.6 Å². The largest absolute Gasteiger partial charge is 0.349 e. The molecule has 6 heteroatoms. The summed E-state index contributed by atoms with van der Waals surface area (Å²) in [6, 6.07) is 15.5. The molecule has 1 atom stereocenters. The Morgan fingerprint density at radius 1 is 1.07 bits per heavy atom. The number of rotatable bonds is 6. The zero-order valence-electron chi connectivity index (χ0n) is 15.7. The molecule has 2 aromatic rings. The number of carbonyl (C=O) groups excluding carboxylic acids is 2. The first-order valence-electron chi connectivity index (χ1n) is 9.79. The molecule has 2 fully saturated rings. The van der Waals surface area contributed by atoms with Gasteiger partial charge in [-0.15, -0.1) is 0 Å². The molecular formula is C22H24ClN3O2. The van der Waals surface area contributed by atoms with E-state index in [1.54, 1.807) is 18.2 Å². The number of nitrogens with one attached hydrogen (secondary N) is 2. The summed E-state index contributed by atoms with van der Waals surface area (Å²) in [6.45, 7) is 1.22. The third-order valence-electron chi connectivity index (χ3n) is 5.29. The molecule has 2 amide bonds. The van der Waals surface area contributed by atoms with Crippen molar-refractivity contribution in [3.05, 3.63) is 64.7 Å². The molecule has 4 rings (SSSR count). The van der Waals surface area contributed by atoms with Gasteiger partial charge in [-0.05, 0) is 68.1 Å². The smallest absolute Gasteiger partial charge is 0.251 e. The summed E-state index contributed by atoms with van der Waals surface area (Å²) >= 11 is 5.99. The number of benzene rings is 2. The van der Waals surface area contributed by atoms with Gasteiger partial charge in [0.05, 0.1) is 6.54 Å². The van der Waals surface area contributed by atoms with Crippen molar-refractivity contribution in [3.63, 3.8) is 0 Å². The molecule has 0 spiro atoms. The van der Waals surface area contributed by atoms with E-state index < -0.39 is 0 Å². The second-order valence-electron chi connectivity index (χ2n) is 7.56. The first kappa shape index (κ1) is 19.0. The number of hydrogen-bond acceptors (Lipinski definition) is 3. The van der Waals surface area contributed by atoms with Gasteiger partial charge in [0.2, 0.25) is 5.91 Å². The van der Waals surface area contributed by atoms with Crippen LogP contribution in [0.3, 0.4) is 0 Å². The lowest BCUT2D eigenvalue weighted by molar-refractivity contribution is -0.117. The van der Waals surface area contributed by atoms with Crippen LogP contribution in [0.1, 0.15) is 47.6 Å². The molecule has 2 aliphatic rings. The van der Waals surface area contributed by atoms with E-state index in [4.69, 9.17) is 11.6 Å². The van der Waals surface area contributed by atoms with Crippen molar-refractivity contribution in [2.45, 2.75) is 37.8 Å². The second-order valence-corrected chi connectivity index (χ2v) is 7.99. The standard InChI is InChI=1S/C22H24ClN3O2/c23-17-8-6-15(7-9-17)20-5-2-12-26(20)14-21(27)24-19-4-1-3-16(13-19)22(28)25-18-10-11-18/h1,3-4,6-9,13,18,20H,2,5,10-12,14H2,(H,24,27)(H,25,28). The Labute approximate surface area is 170 Å². The van der Waals surface area contributed by atoms with Crippen molar-refractivity contribution < 1.29 is 9.59 Å². The average molecular weight is 398 g/mol. The van der Waals surface area contributed by atoms with Gasteiger partial charge in [-0.3, -0.25) is 14.5 Å². The first-order chi connectivity index (χ1) is 13.6. The Balaban J connectivity index is 1.37. The van der Waals surface area contributed by atoms with E-state index in [0.29, 0.717) is 23.8 Å². The molecule has 0 bridgehead atoms. The maximum Gasteiger partial charge on any atom is 0.251 e. The van der Waals surface area contributed by atoms with E-state index in [2.05, 4.69) is 15.5 Å². The van der Waals surface area contributed by atoms with Crippen LogP contribution in [0.5, 0.6) is 0 Å². The summed E-state index contributed by atoms with van der Waals surface area (Å²) in [5, 5.41) is 6.62. The van der Waals surface area contributed by atoms with E-state index in [0.717, 1.165) is 37.3 Å². The normalized spacial score (nSPS) is 19.4. The molecule has 1 aliphatic carbocycles. The Kier molecular flexibility index (Phi) is 5.64. The molecule has 0 aromatic heterocycles. The number of hydrogen-bond donors (Lipinski definition) is 2. The van der Waals surface area contributed by atoms with Crippen LogP contribution in [-0.2, 0) is 4.79 Å². The third-order valence-corrected chi connectivity index (χ3v) is 5.54. The molecule has 1 aliphatic heterocycles. The lowest BCUT2D eigenvalue weighted by atomic mass is 10.0. The zero-order valence-corrected chi connectivity index (χ0v) is 16.4. The molecule has 28 heavy (non-hydrogen) atoms. The lowest BCUT2D eigenvalue weighted by Gasteiger charge is -2.24. The van der Waals surface area contributed by atoms with Gasteiger partial charge in [0.1, 0.15) is 0 Å². The SMILES string of the molecule is O=C(CN1CCCC1c1ccc(Cl)cc1)Nc1cccc(C(=O)NC2CC2)c1. The average Bonchev–Trinajstić information content (AvgIpc) is 3.38. The van der Waals surface area contributed by atoms with Gasteiger partial charge in [-0.1, -0.05) is 29.8 Å². The second kappa shape index (κ2) is 8.33. The number of halogens is 1. The quantitative estimate of drug-likeness (QED) is 0.774. The van der Waals surface area contributed by atoms with Gasteiger partial charge >= 0.3 is 0 Å². The van der Waals surface area contributed by atoms with E-state index >= 15 is 0 Å². The molecular weight excluding hydrogens is 374 g/mol. The molecule has 0 radical (unpaired) electrons. The van der Waals surface area contributed by atoms with E-state index in [9.17, 15) is 9.59 Å². The van der Waals surface area contributed by atoms with Gasteiger partial charge < -0.3 is 10.6 Å². The van der Waals surface area contributed by atoms with Crippen LogP contribution in [0, 0.1) is 0 Å². The van der Waals surface area contributed by atoms with Gasteiger partial charge in [0.15, 0.2) is 0 Å². The summed E-state index contributed by atoms with van der Waals surface area (Å²) in [7, 11) is 0. The minimum absolute atomic E-state index is 0.0689. The summed E-state index contributed by atoms with van der Waals surface area (Å²) in [4.78, 5) is 27.0. The van der Waals surface area contributed by atoms with E-state index in [-0.39, 0.29) is 17.9 Å². The highest BCUT2D eigenvalue weighted by atomic mass is 35.5. The molecule has 1 saturated heterocycles. The number of anilines is 1. The van der Waals surface area contributed by atoms with Crippen LogP contribution in [0.2, 0.25) is 5.02 Å². The van der Waals surface area contributed by atoms with Crippen molar-refractivity contribution in [1.82, 2.24) is 10.2 Å². The molecule has 1 heterocycles. The van der Waals surface area contributed by atoms with Gasteiger partial charge in [-0.2, -0.15) is 0 Å². The van der Waals surface area contributed by atoms with Gasteiger partial charge in [0, 0.05) is 28.4 Å². The highest BCUT2D eigenvalue weighted by Gasteiger charge is 2.27. The molecule has 2 N–H and O–H groups in total. The number of nitrogens with zero attached hydrogens (tertiary/aromatic N) is 1. The van der Waals surface area contributed by atoms with E-state index in [1.165, 1.54) is 5.56 Å². The summed E-state index contributed by atoms with van der Waals surface area (Å²) < 4.78 is 0. The number of likely N-dealkylation sites (tertiary alicyclic amines) is 1. The van der Waals surface area contributed by atoms with Crippen molar-refractivity contribution in [3.8, 4) is 0 Å². The Bertz CT molecular complexity index is 864. The fourth-order valence-electron chi connectivity index (χ4n) is 3.70. The van der Waals surface area contributed by atoms with Crippen LogP contribution in [-0.4, -0.2) is 35.8 Å².